The third kappa shape index (κ3) is 6.18. The number of nitrogens with zero attached hydrogens (tertiary/aromatic N) is 2. The molecule has 4 rings (SSSR count). The second-order valence-corrected chi connectivity index (χ2v) is 9.89. The van der Waals surface area contributed by atoms with Crippen LogP contribution < -0.4 is 10.1 Å². The summed E-state index contributed by atoms with van der Waals surface area (Å²) >= 11 is 0. The molecule has 3 aromatic rings. The van der Waals surface area contributed by atoms with Crippen LogP contribution in [0.15, 0.2) is 36.5 Å². The lowest BCUT2D eigenvalue weighted by Crippen LogP contribution is -2.43. The topological polar surface area (TPSA) is 57.6 Å². The Labute approximate surface area is 218 Å². The third-order valence-electron chi connectivity index (χ3n) is 7.57. The van der Waals surface area contributed by atoms with Crippen molar-refractivity contribution in [1.29, 1.82) is 0 Å². The number of benzene rings is 2. The summed E-state index contributed by atoms with van der Waals surface area (Å²) in [6.45, 7) is 1.06. The lowest BCUT2D eigenvalue weighted by atomic mass is 9.74. The van der Waals surface area contributed by atoms with E-state index in [0.717, 1.165) is 0 Å². The van der Waals surface area contributed by atoms with E-state index in [9.17, 15) is 22.7 Å². The van der Waals surface area contributed by atoms with Gasteiger partial charge in [0, 0.05) is 54.5 Å². The van der Waals surface area contributed by atoms with Crippen molar-refractivity contribution in [2.24, 2.45) is 5.41 Å². The molecule has 0 bridgehead atoms. The zero-order valence-electron chi connectivity index (χ0n) is 21.3. The summed E-state index contributed by atoms with van der Waals surface area (Å²) < 4.78 is 75.4. The van der Waals surface area contributed by atoms with Gasteiger partial charge < -0.3 is 20.1 Å². The number of aliphatic hydroxyl groups is 1. The zero-order valence-corrected chi connectivity index (χ0v) is 21.3. The number of halogens is 5. The maximum atomic E-state index is 15.7. The van der Waals surface area contributed by atoms with Gasteiger partial charge in [0.2, 0.25) is 0 Å². The van der Waals surface area contributed by atoms with Gasteiger partial charge >= 0.3 is 0 Å². The van der Waals surface area contributed by atoms with E-state index in [1.807, 2.05) is 0 Å². The number of fused-ring (bicyclic) bond motifs is 1. The lowest BCUT2D eigenvalue weighted by molar-refractivity contribution is 0.0315. The van der Waals surface area contributed by atoms with E-state index < -0.39 is 35.7 Å². The fraction of sp³-hybridized carbons (Fsp3) is 0.464. The zero-order chi connectivity index (χ0) is 27.3. The van der Waals surface area contributed by atoms with E-state index in [1.54, 1.807) is 18.2 Å². The summed E-state index contributed by atoms with van der Waals surface area (Å²) in [7, 11) is 1.51. The molecule has 0 unspecified atom stereocenters. The molecule has 206 valence electrons. The predicted octanol–water partition coefficient (Wildman–Crippen LogP) is 6.11. The standard InChI is InChI=1S/C28H32F5N3O2/c1-38-20-2-3-25-21(14-20)26(18(15-29)16-35-25)22(31)4-5-28(17-37)6-9-36(10-7-28)11-8-34-27-23(32)12-19(30)13-24(27)33/h2-3,12-14,16,22,34,37H,4-11,15,17H2,1H3/t22-/m1/s1. The van der Waals surface area contributed by atoms with E-state index in [-0.39, 0.29) is 36.4 Å². The molecule has 0 radical (unpaired) electrons. The van der Waals surface area contributed by atoms with E-state index in [2.05, 4.69) is 15.2 Å². The van der Waals surface area contributed by atoms with Gasteiger partial charge in [0.15, 0.2) is 11.6 Å². The molecular weight excluding hydrogens is 505 g/mol. The second-order valence-electron chi connectivity index (χ2n) is 9.89. The molecular formula is C28H32F5N3O2. The van der Waals surface area contributed by atoms with Crippen molar-refractivity contribution in [2.45, 2.75) is 38.5 Å². The number of aliphatic hydroxyl groups excluding tert-OH is 1. The predicted molar refractivity (Wildman–Crippen MR) is 136 cm³/mol. The van der Waals surface area contributed by atoms with Gasteiger partial charge in [0.25, 0.3) is 0 Å². The normalized spacial score (nSPS) is 16.5. The number of hydrogen-bond donors (Lipinski definition) is 2. The summed E-state index contributed by atoms with van der Waals surface area (Å²) in [5.41, 5.74) is 0.191. The molecule has 0 amide bonds. The number of ether oxygens (including phenoxy) is 1. The van der Waals surface area contributed by atoms with Crippen LogP contribution in [-0.4, -0.2) is 54.9 Å². The van der Waals surface area contributed by atoms with Crippen LogP contribution in [0, 0.1) is 22.9 Å². The Kier molecular flexibility index (Phi) is 9.04. The molecule has 2 aromatic carbocycles. The number of aromatic nitrogens is 1. The first-order chi connectivity index (χ1) is 18.3. The fourth-order valence-electron chi connectivity index (χ4n) is 5.20. The van der Waals surface area contributed by atoms with Gasteiger partial charge in [0.1, 0.15) is 30.1 Å². The highest BCUT2D eigenvalue weighted by molar-refractivity contribution is 5.85. The van der Waals surface area contributed by atoms with E-state index in [1.165, 1.54) is 13.3 Å². The second kappa shape index (κ2) is 12.3. The molecule has 2 N–H and O–H groups in total. The minimum Gasteiger partial charge on any atom is -0.497 e. The van der Waals surface area contributed by atoms with E-state index in [0.29, 0.717) is 67.7 Å². The Morgan fingerprint density at radius 3 is 2.47 bits per heavy atom. The highest BCUT2D eigenvalue weighted by Gasteiger charge is 2.35. The Bertz CT molecular complexity index is 1220. The maximum Gasteiger partial charge on any atom is 0.152 e. The molecule has 38 heavy (non-hydrogen) atoms. The monoisotopic (exact) mass is 537 g/mol. The molecule has 1 fully saturated rings. The average Bonchev–Trinajstić information content (AvgIpc) is 2.92. The lowest BCUT2D eigenvalue weighted by Gasteiger charge is -2.41. The van der Waals surface area contributed by atoms with Crippen molar-refractivity contribution in [3.8, 4) is 5.75 Å². The molecule has 2 heterocycles. The largest absolute Gasteiger partial charge is 0.497 e. The van der Waals surface area contributed by atoms with Crippen molar-refractivity contribution in [3.63, 3.8) is 0 Å². The van der Waals surface area contributed by atoms with Crippen LogP contribution in [0.3, 0.4) is 0 Å². The summed E-state index contributed by atoms with van der Waals surface area (Å²) in [5.74, 6) is -2.42. The number of rotatable bonds is 11. The van der Waals surface area contributed by atoms with Gasteiger partial charge in [-0.3, -0.25) is 4.98 Å². The Morgan fingerprint density at radius 1 is 1.13 bits per heavy atom. The molecule has 0 saturated carbocycles. The van der Waals surface area contributed by atoms with Crippen LogP contribution >= 0.6 is 0 Å². The van der Waals surface area contributed by atoms with Crippen molar-refractivity contribution in [1.82, 2.24) is 9.88 Å². The third-order valence-corrected chi connectivity index (χ3v) is 7.57. The average molecular weight is 538 g/mol. The minimum absolute atomic E-state index is 0.0985. The summed E-state index contributed by atoms with van der Waals surface area (Å²) in [4.78, 5) is 6.34. The van der Waals surface area contributed by atoms with Crippen LogP contribution in [0.4, 0.5) is 27.6 Å². The van der Waals surface area contributed by atoms with Crippen LogP contribution in [0.5, 0.6) is 5.75 Å². The number of anilines is 1. The highest BCUT2D eigenvalue weighted by atomic mass is 19.2. The maximum absolute atomic E-state index is 15.7. The van der Waals surface area contributed by atoms with Gasteiger partial charge in [-0.25, -0.2) is 22.0 Å². The summed E-state index contributed by atoms with van der Waals surface area (Å²) in [6.07, 6.45) is 1.71. The molecule has 1 aliphatic heterocycles. The minimum atomic E-state index is -1.44. The van der Waals surface area contributed by atoms with Gasteiger partial charge in [-0.1, -0.05) is 0 Å². The molecule has 0 aliphatic carbocycles. The van der Waals surface area contributed by atoms with Crippen molar-refractivity contribution >= 4 is 16.6 Å². The van der Waals surface area contributed by atoms with Gasteiger partial charge in [-0.2, -0.15) is 0 Å². The first-order valence-electron chi connectivity index (χ1n) is 12.7. The van der Waals surface area contributed by atoms with Gasteiger partial charge in [-0.15, -0.1) is 0 Å². The number of methoxy groups -OCH3 is 1. The first-order valence-corrected chi connectivity index (χ1v) is 12.7. The molecule has 5 nitrogen and oxygen atoms in total. The highest BCUT2D eigenvalue weighted by Crippen LogP contribution is 2.41. The number of hydrogen-bond acceptors (Lipinski definition) is 5. The van der Waals surface area contributed by atoms with E-state index in [4.69, 9.17) is 4.74 Å². The van der Waals surface area contributed by atoms with Crippen LogP contribution in [-0.2, 0) is 6.67 Å². The molecule has 10 heteroatoms. The Balaban J connectivity index is 1.35. The SMILES string of the molecule is COc1ccc2ncc(CF)c([C@H](F)CCC3(CO)CCN(CCNc4c(F)cc(F)cc4F)CC3)c2c1. The number of pyridine rings is 1. The smallest absolute Gasteiger partial charge is 0.152 e. The van der Waals surface area contributed by atoms with Crippen LogP contribution in [0.25, 0.3) is 10.9 Å². The molecule has 1 aliphatic rings. The Morgan fingerprint density at radius 2 is 1.84 bits per heavy atom. The van der Waals surface area contributed by atoms with Crippen LogP contribution in [0.1, 0.15) is 43.0 Å². The molecule has 1 aromatic heterocycles. The van der Waals surface area contributed by atoms with Crippen LogP contribution in [0.2, 0.25) is 0 Å². The number of piperidine rings is 1. The molecule has 1 saturated heterocycles. The molecule has 0 spiro atoms. The quantitative estimate of drug-likeness (QED) is 0.289. The van der Waals surface area contributed by atoms with Crippen molar-refractivity contribution in [2.75, 3.05) is 45.2 Å². The van der Waals surface area contributed by atoms with E-state index >= 15 is 4.39 Å². The summed E-state index contributed by atoms with van der Waals surface area (Å²) in [5, 5.41) is 13.4. The molecule has 1 atom stereocenters. The number of alkyl halides is 2. The number of likely N-dealkylation sites (tertiary alicyclic amines) is 1. The first kappa shape index (κ1) is 28.0. The number of nitrogens with one attached hydrogen (secondary N) is 1. The van der Waals surface area contributed by atoms with Crippen molar-refractivity contribution in [3.05, 3.63) is 65.1 Å². The summed E-state index contributed by atoms with van der Waals surface area (Å²) in [6, 6.07) is 6.36. The van der Waals surface area contributed by atoms with Gasteiger partial charge in [0.05, 0.1) is 12.6 Å². The Hall–Kier alpha value is -2.98. The van der Waals surface area contributed by atoms with Gasteiger partial charge in [-0.05, 0) is 62.4 Å². The van der Waals surface area contributed by atoms with Crippen molar-refractivity contribution < 1.29 is 31.8 Å². The fourth-order valence-corrected chi connectivity index (χ4v) is 5.20.